The fourth-order valence-electron chi connectivity index (χ4n) is 4.97. The predicted octanol–water partition coefficient (Wildman–Crippen LogP) is 5.50. The number of aromatic nitrogens is 5. The number of carbonyl (C=O) groups is 1. The van der Waals surface area contributed by atoms with Gasteiger partial charge < -0.3 is 14.6 Å². The largest absolute Gasteiger partial charge is 0.492 e. The molecule has 2 heterocycles. The minimum Gasteiger partial charge on any atom is -0.492 e. The molecule has 1 amide bonds. The van der Waals surface area contributed by atoms with Crippen LogP contribution in [0.3, 0.4) is 0 Å². The second-order valence-electron chi connectivity index (χ2n) is 12.0. The molecule has 0 fully saturated rings. The third-order valence-electron chi connectivity index (χ3n) is 7.47. The summed E-state index contributed by atoms with van der Waals surface area (Å²) in [5, 5.41) is 11.7. The standard InChI is InChI=1S/C33H37N7O4S/c1-21-13-14-23(32(41)35-25-17-24(33(2,3)4)18-26(31(25)44-6)37-45(7,42)43)16-28(21)40-20-27(36-38-40)29-19-34-30(39(29)5)15-22-11-9-8-10-12-22/h8-14,16-20,37H,15H2,1-7H3,(H,35,41). The summed E-state index contributed by atoms with van der Waals surface area (Å²) in [6.45, 7) is 7.93. The van der Waals surface area contributed by atoms with E-state index in [0.717, 1.165) is 34.5 Å². The van der Waals surface area contributed by atoms with E-state index in [-0.39, 0.29) is 16.9 Å². The fraction of sp³-hybridized carbons (Fsp3) is 0.273. The monoisotopic (exact) mass is 627 g/mol. The molecule has 3 aromatic carbocycles. The van der Waals surface area contributed by atoms with Gasteiger partial charge in [0.1, 0.15) is 11.5 Å². The van der Waals surface area contributed by atoms with Gasteiger partial charge in [0, 0.05) is 19.0 Å². The second-order valence-corrected chi connectivity index (χ2v) is 13.8. The molecule has 0 bridgehead atoms. The van der Waals surface area contributed by atoms with E-state index in [0.29, 0.717) is 29.1 Å². The Hall–Kier alpha value is -4.97. The zero-order valence-electron chi connectivity index (χ0n) is 26.4. The molecule has 0 unspecified atom stereocenters. The van der Waals surface area contributed by atoms with Crippen LogP contribution in [-0.2, 0) is 28.9 Å². The molecule has 5 rings (SSSR count). The van der Waals surface area contributed by atoms with E-state index in [1.807, 2.05) is 69.8 Å². The van der Waals surface area contributed by atoms with Crippen molar-refractivity contribution >= 4 is 27.3 Å². The summed E-state index contributed by atoms with van der Waals surface area (Å²) in [6, 6.07) is 19.0. The average molecular weight is 628 g/mol. The first-order valence-electron chi connectivity index (χ1n) is 14.3. The molecule has 234 valence electrons. The molecule has 0 aliphatic rings. The molecule has 0 aliphatic carbocycles. The summed E-state index contributed by atoms with van der Waals surface area (Å²) in [7, 11) is -0.229. The van der Waals surface area contributed by atoms with Gasteiger partial charge in [0.05, 0.1) is 48.5 Å². The first kappa shape index (κ1) is 31.5. The highest BCUT2D eigenvalue weighted by Gasteiger charge is 2.23. The topological polar surface area (TPSA) is 133 Å². The Morgan fingerprint density at radius 3 is 2.40 bits per heavy atom. The van der Waals surface area contributed by atoms with Crippen molar-refractivity contribution in [1.82, 2.24) is 24.5 Å². The molecule has 0 spiro atoms. The maximum atomic E-state index is 13.6. The van der Waals surface area contributed by atoms with Crippen molar-refractivity contribution in [2.75, 3.05) is 23.4 Å². The van der Waals surface area contributed by atoms with Crippen LogP contribution in [0, 0.1) is 6.92 Å². The summed E-state index contributed by atoms with van der Waals surface area (Å²) in [5.41, 5.74) is 5.64. The molecule has 0 atom stereocenters. The average Bonchev–Trinajstić information content (AvgIpc) is 3.59. The molecule has 5 aromatic rings. The lowest BCUT2D eigenvalue weighted by atomic mass is 9.86. The smallest absolute Gasteiger partial charge is 0.255 e. The minimum absolute atomic E-state index is 0.206. The maximum absolute atomic E-state index is 13.6. The number of sulfonamides is 1. The van der Waals surface area contributed by atoms with Crippen molar-refractivity contribution in [3.8, 4) is 22.8 Å². The van der Waals surface area contributed by atoms with Crippen molar-refractivity contribution in [3.05, 3.63) is 101 Å². The number of carbonyl (C=O) groups excluding carboxylic acids is 1. The van der Waals surface area contributed by atoms with Gasteiger partial charge in [0.25, 0.3) is 5.91 Å². The number of hydrogen-bond donors (Lipinski definition) is 2. The highest BCUT2D eigenvalue weighted by Crippen LogP contribution is 2.39. The van der Waals surface area contributed by atoms with Crippen LogP contribution in [-0.4, -0.2) is 52.2 Å². The normalized spacial score (nSPS) is 11.8. The number of aryl methyl sites for hydroxylation is 1. The maximum Gasteiger partial charge on any atom is 0.255 e. The first-order valence-corrected chi connectivity index (χ1v) is 16.2. The molecule has 0 aliphatic heterocycles. The molecular weight excluding hydrogens is 590 g/mol. The van der Waals surface area contributed by atoms with Gasteiger partial charge in [-0.2, -0.15) is 0 Å². The van der Waals surface area contributed by atoms with E-state index in [4.69, 9.17) is 4.74 Å². The van der Waals surface area contributed by atoms with Crippen LogP contribution in [0.5, 0.6) is 5.75 Å². The van der Waals surface area contributed by atoms with Gasteiger partial charge in [0.15, 0.2) is 5.75 Å². The highest BCUT2D eigenvalue weighted by atomic mass is 32.2. The SMILES string of the molecule is COc1c(NC(=O)c2ccc(C)c(-n3cc(-c4cnc(Cc5ccccc5)n4C)nn3)c2)cc(C(C)(C)C)cc1NS(C)(=O)=O. The summed E-state index contributed by atoms with van der Waals surface area (Å²) in [5.74, 6) is 0.711. The number of benzene rings is 3. The summed E-state index contributed by atoms with van der Waals surface area (Å²) in [4.78, 5) is 18.2. The van der Waals surface area contributed by atoms with Crippen LogP contribution < -0.4 is 14.8 Å². The van der Waals surface area contributed by atoms with Crippen molar-refractivity contribution in [2.24, 2.45) is 7.05 Å². The highest BCUT2D eigenvalue weighted by molar-refractivity contribution is 7.92. The summed E-state index contributed by atoms with van der Waals surface area (Å²) < 4.78 is 35.9. The van der Waals surface area contributed by atoms with Gasteiger partial charge >= 0.3 is 0 Å². The van der Waals surface area contributed by atoms with E-state index in [9.17, 15) is 13.2 Å². The van der Waals surface area contributed by atoms with Crippen LogP contribution in [0.1, 0.15) is 53.6 Å². The quantitative estimate of drug-likeness (QED) is 0.221. The van der Waals surface area contributed by atoms with Crippen molar-refractivity contribution in [2.45, 2.75) is 39.5 Å². The van der Waals surface area contributed by atoms with Crippen LogP contribution in [0.2, 0.25) is 0 Å². The predicted molar refractivity (Wildman–Crippen MR) is 176 cm³/mol. The van der Waals surface area contributed by atoms with Crippen LogP contribution >= 0.6 is 0 Å². The summed E-state index contributed by atoms with van der Waals surface area (Å²) in [6.07, 6.45) is 5.36. The van der Waals surface area contributed by atoms with Gasteiger partial charge in [0.2, 0.25) is 10.0 Å². The van der Waals surface area contributed by atoms with Gasteiger partial charge in [-0.1, -0.05) is 62.4 Å². The third kappa shape index (κ3) is 7.07. The van der Waals surface area contributed by atoms with Crippen LogP contribution in [0.25, 0.3) is 17.1 Å². The van der Waals surface area contributed by atoms with Crippen molar-refractivity contribution < 1.29 is 17.9 Å². The summed E-state index contributed by atoms with van der Waals surface area (Å²) >= 11 is 0. The Labute approximate surface area is 263 Å². The van der Waals surface area contributed by atoms with Gasteiger partial charge in [-0.05, 0) is 53.3 Å². The Morgan fingerprint density at radius 2 is 1.73 bits per heavy atom. The van der Waals surface area contributed by atoms with Gasteiger partial charge in [-0.15, -0.1) is 5.10 Å². The number of imidazole rings is 1. The Bertz CT molecular complexity index is 1970. The molecule has 2 aromatic heterocycles. The van der Waals surface area contributed by atoms with E-state index in [1.54, 1.807) is 35.1 Å². The molecule has 0 saturated heterocycles. The molecule has 0 radical (unpaired) electrons. The first-order chi connectivity index (χ1) is 21.2. The third-order valence-corrected chi connectivity index (χ3v) is 8.06. The number of hydrogen-bond acceptors (Lipinski definition) is 7. The van der Waals surface area contributed by atoms with E-state index >= 15 is 0 Å². The Kier molecular flexibility index (Phi) is 8.53. The number of rotatable bonds is 9. The lowest BCUT2D eigenvalue weighted by Gasteiger charge is -2.24. The van der Waals surface area contributed by atoms with Crippen LogP contribution in [0.4, 0.5) is 11.4 Å². The number of amides is 1. The minimum atomic E-state index is -3.61. The molecule has 12 heteroatoms. The fourth-order valence-corrected chi connectivity index (χ4v) is 5.52. The number of methoxy groups -OCH3 is 1. The lowest BCUT2D eigenvalue weighted by Crippen LogP contribution is -2.18. The van der Waals surface area contributed by atoms with E-state index in [2.05, 4.69) is 37.5 Å². The number of ether oxygens (including phenoxy) is 1. The lowest BCUT2D eigenvalue weighted by molar-refractivity contribution is 0.102. The number of nitrogens with zero attached hydrogens (tertiary/aromatic N) is 5. The number of nitrogens with one attached hydrogen (secondary N) is 2. The van der Waals surface area contributed by atoms with Gasteiger partial charge in [-0.25, -0.2) is 18.1 Å². The van der Waals surface area contributed by atoms with Crippen LogP contribution in [0.15, 0.2) is 73.1 Å². The molecular formula is C33H37N7O4S. The Morgan fingerprint density at radius 1 is 1.02 bits per heavy atom. The zero-order chi connectivity index (χ0) is 32.5. The van der Waals surface area contributed by atoms with Gasteiger partial charge in [-0.3, -0.25) is 9.52 Å². The van der Waals surface area contributed by atoms with E-state index in [1.165, 1.54) is 7.11 Å². The molecule has 0 saturated carbocycles. The van der Waals surface area contributed by atoms with Crippen molar-refractivity contribution in [3.63, 3.8) is 0 Å². The van der Waals surface area contributed by atoms with E-state index < -0.39 is 15.9 Å². The molecule has 11 nitrogen and oxygen atoms in total. The van der Waals surface area contributed by atoms with Crippen molar-refractivity contribution in [1.29, 1.82) is 0 Å². The molecule has 45 heavy (non-hydrogen) atoms. The molecule has 2 N–H and O–H groups in total. The number of anilines is 2. The second kappa shape index (κ2) is 12.2. The Balaban J connectivity index is 1.44. The zero-order valence-corrected chi connectivity index (χ0v) is 27.2.